The first-order valence-corrected chi connectivity index (χ1v) is 8.50. The van der Waals surface area contributed by atoms with Gasteiger partial charge in [-0.05, 0) is 18.8 Å². The summed E-state index contributed by atoms with van der Waals surface area (Å²) in [5.41, 5.74) is 0. The molecule has 0 saturated carbocycles. The summed E-state index contributed by atoms with van der Waals surface area (Å²) in [6.45, 7) is 5.31. The van der Waals surface area contributed by atoms with Gasteiger partial charge in [-0.2, -0.15) is 0 Å². The Kier molecular flexibility index (Phi) is 15.9. The highest BCUT2D eigenvalue weighted by molar-refractivity contribution is 4.59. The summed E-state index contributed by atoms with van der Waals surface area (Å²) in [5.74, 6) is 0.697. The molecule has 0 aliphatic rings. The maximum absolute atomic E-state index is 5.15. The van der Waals surface area contributed by atoms with Crippen LogP contribution in [0, 0.1) is 5.92 Å². The van der Waals surface area contributed by atoms with Crippen LogP contribution in [0.5, 0.6) is 0 Å². The van der Waals surface area contributed by atoms with Crippen LogP contribution < -0.4 is 0 Å². The van der Waals surface area contributed by atoms with Crippen LogP contribution in [0.25, 0.3) is 0 Å². The molecule has 0 aliphatic carbocycles. The van der Waals surface area contributed by atoms with E-state index < -0.39 is 0 Å². The number of hydrogen-bond donors (Lipinski definition) is 0. The molecule has 0 amide bonds. The topological polar surface area (TPSA) is 18.5 Å². The second kappa shape index (κ2) is 16.0. The van der Waals surface area contributed by atoms with Crippen LogP contribution >= 0.6 is 0 Å². The SMILES string of the molecule is CCCCCCCC(CCCCCCC)COOC. The van der Waals surface area contributed by atoms with Gasteiger partial charge in [0.2, 0.25) is 0 Å². The van der Waals surface area contributed by atoms with Crippen molar-refractivity contribution in [1.29, 1.82) is 0 Å². The zero-order valence-electron chi connectivity index (χ0n) is 13.6. The molecule has 0 unspecified atom stereocenters. The highest BCUT2D eigenvalue weighted by atomic mass is 17.2. The van der Waals surface area contributed by atoms with Crippen LogP contribution in [0.4, 0.5) is 0 Å². The van der Waals surface area contributed by atoms with Gasteiger partial charge in [0, 0.05) is 0 Å². The fraction of sp³-hybridized carbons (Fsp3) is 1.00. The van der Waals surface area contributed by atoms with Gasteiger partial charge in [-0.3, -0.25) is 0 Å². The summed E-state index contributed by atoms with van der Waals surface area (Å²) in [6, 6.07) is 0. The molecule has 0 rings (SSSR count). The summed E-state index contributed by atoms with van der Waals surface area (Å²) in [6.07, 6.45) is 16.3. The first kappa shape index (κ1) is 18.9. The lowest BCUT2D eigenvalue weighted by Crippen LogP contribution is -2.09. The average molecular weight is 272 g/mol. The Labute approximate surface area is 121 Å². The molecular weight excluding hydrogens is 236 g/mol. The monoisotopic (exact) mass is 272 g/mol. The molecular formula is C17H36O2. The van der Waals surface area contributed by atoms with Gasteiger partial charge in [-0.15, -0.1) is 0 Å². The molecule has 0 aromatic heterocycles. The summed E-state index contributed by atoms with van der Waals surface area (Å²) in [5, 5.41) is 0. The third-order valence-electron chi connectivity index (χ3n) is 3.85. The largest absolute Gasteiger partial charge is 0.240 e. The lowest BCUT2D eigenvalue weighted by Gasteiger charge is -2.15. The summed E-state index contributed by atoms with van der Waals surface area (Å²) in [4.78, 5) is 9.91. The van der Waals surface area contributed by atoms with E-state index in [9.17, 15) is 0 Å². The number of unbranched alkanes of at least 4 members (excludes halogenated alkanes) is 8. The standard InChI is InChI=1S/C17H36O2/c1-4-6-8-10-12-14-17(16-19-18-3)15-13-11-9-7-5-2/h17H,4-16H2,1-3H3. The molecule has 0 spiro atoms. The molecule has 0 fully saturated rings. The quantitative estimate of drug-likeness (QED) is 0.210. The highest BCUT2D eigenvalue weighted by Crippen LogP contribution is 2.19. The molecule has 0 aliphatic heterocycles. The minimum atomic E-state index is 0.697. The van der Waals surface area contributed by atoms with E-state index in [1.165, 1.54) is 77.0 Å². The van der Waals surface area contributed by atoms with Crippen LogP contribution in [0.1, 0.15) is 90.9 Å². The predicted octanol–water partition coefficient (Wildman–Crippen LogP) is 5.90. The second-order valence-corrected chi connectivity index (χ2v) is 5.72. The van der Waals surface area contributed by atoms with Crippen LogP contribution in [0.3, 0.4) is 0 Å². The summed E-state index contributed by atoms with van der Waals surface area (Å²) >= 11 is 0. The molecule has 19 heavy (non-hydrogen) atoms. The predicted molar refractivity (Wildman–Crippen MR) is 83.2 cm³/mol. The van der Waals surface area contributed by atoms with E-state index in [0.29, 0.717) is 5.92 Å². The molecule has 2 nitrogen and oxygen atoms in total. The second-order valence-electron chi connectivity index (χ2n) is 5.72. The van der Waals surface area contributed by atoms with E-state index >= 15 is 0 Å². The smallest absolute Gasteiger partial charge is 0.0850 e. The first-order valence-electron chi connectivity index (χ1n) is 8.50. The third-order valence-corrected chi connectivity index (χ3v) is 3.85. The molecule has 0 atom stereocenters. The Morgan fingerprint density at radius 2 is 1.16 bits per heavy atom. The summed E-state index contributed by atoms with van der Waals surface area (Å²) < 4.78 is 0. The Balaban J connectivity index is 3.57. The highest BCUT2D eigenvalue weighted by Gasteiger charge is 2.09. The van der Waals surface area contributed by atoms with Crippen molar-refractivity contribution in [3.8, 4) is 0 Å². The van der Waals surface area contributed by atoms with E-state index in [1.54, 1.807) is 7.11 Å². The van der Waals surface area contributed by atoms with Crippen molar-refractivity contribution in [2.24, 2.45) is 5.92 Å². The zero-order valence-corrected chi connectivity index (χ0v) is 13.6. The average Bonchev–Trinajstić information content (AvgIpc) is 2.43. The number of hydrogen-bond acceptors (Lipinski definition) is 2. The molecule has 0 aromatic rings. The molecule has 0 aromatic carbocycles. The lowest BCUT2D eigenvalue weighted by molar-refractivity contribution is -0.280. The van der Waals surface area contributed by atoms with Crippen molar-refractivity contribution in [3.05, 3.63) is 0 Å². The molecule has 2 heteroatoms. The zero-order chi connectivity index (χ0) is 14.2. The normalized spacial score (nSPS) is 11.4. The van der Waals surface area contributed by atoms with Crippen molar-refractivity contribution in [2.75, 3.05) is 13.7 Å². The van der Waals surface area contributed by atoms with Crippen LogP contribution in [0.2, 0.25) is 0 Å². The first-order chi connectivity index (χ1) is 9.35. The Morgan fingerprint density at radius 1 is 0.684 bits per heavy atom. The van der Waals surface area contributed by atoms with Gasteiger partial charge in [-0.1, -0.05) is 78.1 Å². The molecule has 0 saturated heterocycles. The van der Waals surface area contributed by atoms with Gasteiger partial charge in [-0.25, -0.2) is 9.78 Å². The Hall–Kier alpha value is -0.0800. The van der Waals surface area contributed by atoms with Crippen LogP contribution in [0.15, 0.2) is 0 Å². The van der Waals surface area contributed by atoms with Crippen molar-refractivity contribution in [3.63, 3.8) is 0 Å². The van der Waals surface area contributed by atoms with E-state index in [4.69, 9.17) is 9.78 Å². The van der Waals surface area contributed by atoms with Crippen molar-refractivity contribution in [2.45, 2.75) is 90.9 Å². The van der Waals surface area contributed by atoms with Gasteiger partial charge >= 0.3 is 0 Å². The van der Waals surface area contributed by atoms with E-state index in [0.717, 1.165) is 6.61 Å². The number of rotatable bonds is 15. The molecule has 0 bridgehead atoms. The Morgan fingerprint density at radius 3 is 1.58 bits per heavy atom. The maximum atomic E-state index is 5.15. The van der Waals surface area contributed by atoms with Gasteiger partial charge in [0.25, 0.3) is 0 Å². The van der Waals surface area contributed by atoms with Gasteiger partial charge in [0.15, 0.2) is 0 Å². The Bertz CT molecular complexity index is 145. The molecule has 0 N–H and O–H groups in total. The third kappa shape index (κ3) is 14.1. The van der Waals surface area contributed by atoms with Gasteiger partial charge in [0.05, 0.1) is 13.7 Å². The van der Waals surface area contributed by atoms with Crippen LogP contribution in [-0.2, 0) is 9.78 Å². The van der Waals surface area contributed by atoms with Gasteiger partial charge < -0.3 is 0 Å². The maximum Gasteiger partial charge on any atom is 0.0850 e. The molecule has 116 valence electrons. The fourth-order valence-corrected chi connectivity index (χ4v) is 2.55. The van der Waals surface area contributed by atoms with E-state index in [-0.39, 0.29) is 0 Å². The van der Waals surface area contributed by atoms with E-state index in [2.05, 4.69) is 13.8 Å². The molecule has 0 radical (unpaired) electrons. The van der Waals surface area contributed by atoms with Crippen molar-refractivity contribution < 1.29 is 9.78 Å². The van der Waals surface area contributed by atoms with Crippen LogP contribution in [-0.4, -0.2) is 13.7 Å². The summed E-state index contributed by atoms with van der Waals surface area (Å²) in [7, 11) is 1.61. The fourth-order valence-electron chi connectivity index (χ4n) is 2.55. The van der Waals surface area contributed by atoms with E-state index in [1.807, 2.05) is 0 Å². The minimum Gasteiger partial charge on any atom is -0.240 e. The minimum absolute atomic E-state index is 0.697. The van der Waals surface area contributed by atoms with Gasteiger partial charge in [0.1, 0.15) is 0 Å². The molecule has 0 heterocycles. The van der Waals surface area contributed by atoms with Crippen molar-refractivity contribution >= 4 is 0 Å². The van der Waals surface area contributed by atoms with Crippen molar-refractivity contribution in [1.82, 2.24) is 0 Å². The lowest BCUT2D eigenvalue weighted by atomic mass is 9.95.